The van der Waals surface area contributed by atoms with Gasteiger partial charge in [-0.15, -0.1) is 0 Å². The second kappa shape index (κ2) is 6.98. The number of nitrogens with zero attached hydrogens (tertiary/aromatic N) is 2. The quantitative estimate of drug-likeness (QED) is 0.548. The SMILES string of the molecule is c1cc(OC[C@@H]2CO2)ccc1N=Nc1ccc(OC[C@H]2CO2)cc1. The summed E-state index contributed by atoms with van der Waals surface area (Å²) in [5, 5.41) is 8.45. The van der Waals surface area contributed by atoms with Crippen LogP contribution in [-0.4, -0.2) is 38.6 Å². The molecule has 2 aromatic rings. The first-order chi connectivity index (χ1) is 11.8. The molecule has 24 heavy (non-hydrogen) atoms. The van der Waals surface area contributed by atoms with Crippen LogP contribution in [0.1, 0.15) is 0 Å². The monoisotopic (exact) mass is 326 g/mol. The van der Waals surface area contributed by atoms with E-state index in [-0.39, 0.29) is 12.2 Å². The van der Waals surface area contributed by atoms with Gasteiger partial charge in [-0.05, 0) is 48.5 Å². The molecule has 0 unspecified atom stereocenters. The second-order valence-corrected chi connectivity index (χ2v) is 5.72. The molecule has 0 bridgehead atoms. The van der Waals surface area contributed by atoms with Gasteiger partial charge in [0.2, 0.25) is 0 Å². The molecule has 6 heteroatoms. The number of epoxide rings is 2. The molecule has 0 N–H and O–H groups in total. The lowest BCUT2D eigenvalue weighted by Crippen LogP contribution is -2.03. The fourth-order valence-corrected chi connectivity index (χ4v) is 2.04. The zero-order valence-corrected chi connectivity index (χ0v) is 13.1. The molecule has 4 rings (SSSR count). The van der Waals surface area contributed by atoms with Crippen molar-refractivity contribution < 1.29 is 18.9 Å². The number of azo groups is 1. The van der Waals surface area contributed by atoms with Crippen molar-refractivity contribution in [2.75, 3.05) is 26.4 Å². The molecular formula is C18H18N2O4. The Morgan fingerprint density at radius 2 is 1.08 bits per heavy atom. The minimum atomic E-state index is 0.258. The van der Waals surface area contributed by atoms with E-state index in [2.05, 4.69) is 10.2 Å². The summed E-state index contributed by atoms with van der Waals surface area (Å²) in [5.74, 6) is 1.62. The van der Waals surface area contributed by atoms with E-state index in [9.17, 15) is 0 Å². The van der Waals surface area contributed by atoms with Crippen LogP contribution in [0.3, 0.4) is 0 Å². The molecule has 2 aromatic carbocycles. The molecule has 2 aliphatic heterocycles. The van der Waals surface area contributed by atoms with Crippen molar-refractivity contribution in [3.8, 4) is 11.5 Å². The van der Waals surface area contributed by atoms with Crippen molar-refractivity contribution in [2.45, 2.75) is 12.2 Å². The maximum absolute atomic E-state index is 5.58. The molecule has 2 fully saturated rings. The van der Waals surface area contributed by atoms with E-state index >= 15 is 0 Å². The average Bonchev–Trinajstić information content (AvgIpc) is 3.53. The van der Waals surface area contributed by atoms with Crippen LogP contribution in [0.15, 0.2) is 58.8 Å². The number of benzene rings is 2. The largest absolute Gasteiger partial charge is 0.491 e. The number of rotatable bonds is 8. The zero-order chi connectivity index (χ0) is 16.2. The molecule has 0 saturated carbocycles. The predicted octanol–water partition coefficient (Wildman–Crippen LogP) is 3.66. The van der Waals surface area contributed by atoms with E-state index in [1.54, 1.807) is 0 Å². The lowest BCUT2D eigenvalue weighted by atomic mass is 10.3. The summed E-state index contributed by atoms with van der Waals surface area (Å²) in [7, 11) is 0. The van der Waals surface area contributed by atoms with Gasteiger partial charge in [0.15, 0.2) is 0 Å². The fourth-order valence-electron chi connectivity index (χ4n) is 2.04. The van der Waals surface area contributed by atoms with Crippen LogP contribution >= 0.6 is 0 Å². The second-order valence-electron chi connectivity index (χ2n) is 5.72. The van der Waals surface area contributed by atoms with E-state index in [0.29, 0.717) is 13.2 Å². The van der Waals surface area contributed by atoms with Gasteiger partial charge in [0.1, 0.15) is 36.9 Å². The third-order valence-corrected chi connectivity index (χ3v) is 3.63. The highest BCUT2D eigenvalue weighted by atomic mass is 16.6. The Morgan fingerprint density at radius 1 is 0.708 bits per heavy atom. The molecule has 2 heterocycles. The van der Waals surface area contributed by atoms with E-state index in [0.717, 1.165) is 36.1 Å². The standard InChI is InChI=1S/C18H18N2O4/c1-5-15(21-9-17-11-23-17)6-2-13(1)19-20-14-3-7-16(8-4-14)22-10-18-12-24-18/h1-8,17-18H,9-12H2/t17-,18+. The van der Waals surface area contributed by atoms with E-state index in [1.165, 1.54) is 0 Å². The van der Waals surface area contributed by atoms with Crippen LogP contribution in [-0.2, 0) is 9.47 Å². The van der Waals surface area contributed by atoms with E-state index < -0.39 is 0 Å². The average molecular weight is 326 g/mol. The van der Waals surface area contributed by atoms with Gasteiger partial charge in [-0.3, -0.25) is 0 Å². The minimum Gasteiger partial charge on any atom is -0.491 e. The van der Waals surface area contributed by atoms with Crippen LogP contribution in [0.4, 0.5) is 11.4 Å². The van der Waals surface area contributed by atoms with Crippen molar-refractivity contribution in [1.82, 2.24) is 0 Å². The maximum atomic E-state index is 5.58. The summed E-state index contributed by atoms with van der Waals surface area (Å²) in [6, 6.07) is 15.0. The summed E-state index contributed by atoms with van der Waals surface area (Å²) in [5.41, 5.74) is 1.55. The Kier molecular flexibility index (Phi) is 4.40. The molecule has 0 aromatic heterocycles. The molecule has 124 valence electrons. The zero-order valence-electron chi connectivity index (χ0n) is 13.1. The Bertz CT molecular complexity index is 630. The van der Waals surface area contributed by atoms with Crippen molar-refractivity contribution >= 4 is 11.4 Å². The third-order valence-electron chi connectivity index (χ3n) is 3.63. The molecule has 2 saturated heterocycles. The van der Waals surface area contributed by atoms with Gasteiger partial charge in [0, 0.05) is 0 Å². The van der Waals surface area contributed by atoms with E-state index in [4.69, 9.17) is 18.9 Å². The lowest BCUT2D eigenvalue weighted by Gasteiger charge is -2.04. The topological polar surface area (TPSA) is 68.2 Å². The van der Waals surface area contributed by atoms with Crippen LogP contribution in [0, 0.1) is 0 Å². The molecule has 0 spiro atoms. The summed E-state index contributed by atoms with van der Waals surface area (Å²) in [6.45, 7) is 2.79. The Balaban J connectivity index is 1.29. The Labute approximate surface area is 140 Å². The maximum Gasteiger partial charge on any atom is 0.119 e. The van der Waals surface area contributed by atoms with Crippen molar-refractivity contribution in [3.05, 3.63) is 48.5 Å². The Morgan fingerprint density at radius 3 is 1.42 bits per heavy atom. The van der Waals surface area contributed by atoms with Gasteiger partial charge in [0.25, 0.3) is 0 Å². The summed E-state index contributed by atoms with van der Waals surface area (Å²) < 4.78 is 21.4. The summed E-state index contributed by atoms with van der Waals surface area (Å²) in [4.78, 5) is 0. The molecule has 6 nitrogen and oxygen atoms in total. The highest BCUT2D eigenvalue weighted by Gasteiger charge is 2.23. The lowest BCUT2D eigenvalue weighted by molar-refractivity contribution is 0.263. The van der Waals surface area contributed by atoms with Crippen LogP contribution < -0.4 is 9.47 Å². The van der Waals surface area contributed by atoms with Gasteiger partial charge in [-0.25, -0.2) is 0 Å². The van der Waals surface area contributed by atoms with E-state index in [1.807, 2.05) is 48.5 Å². The first-order valence-corrected chi connectivity index (χ1v) is 7.96. The minimum absolute atomic E-state index is 0.258. The van der Waals surface area contributed by atoms with Gasteiger partial charge in [-0.2, -0.15) is 10.2 Å². The number of hydrogen-bond donors (Lipinski definition) is 0. The number of hydrogen-bond acceptors (Lipinski definition) is 6. The molecule has 0 amide bonds. The molecule has 0 aliphatic carbocycles. The third kappa shape index (κ3) is 4.53. The van der Waals surface area contributed by atoms with Crippen LogP contribution in [0.2, 0.25) is 0 Å². The van der Waals surface area contributed by atoms with Crippen LogP contribution in [0.25, 0.3) is 0 Å². The Hall–Kier alpha value is -2.44. The van der Waals surface area contributed by atoms with Gasteiger partial charge >= 0.3 is 0 Å². The normalized spacial score (nSPS) is 21.7. The summed E-state index contributed by atoms with van der Waals surface area (Å²) >= 11 is 0. The smallest absolute Gasteiger partial charge is 0.119 e. The van der Waals surface area contributed by atoms with Crippen molar-refractivity contribution in [1.29, 1.82) is 0 Å². The molecule has 2 atom stereocenters. The molecular weight excluding hydrogens is 308 g/mol. The predicted molar refractivity (Wildman–Crippen MR) is 87.5 cm³/mol. The number of ether oxygens (including phenoxy) is 4. The van der Waals surface area contributed by atoms with Gasteiger partial charge < -0.3 is 18.9 Å². The van der Waals surface area contributed by atoms with Crippen molar-refractivity contribution in [3.63, 3.8) is 0 Å². The van der Waals surface area contributed by atoms with Gasteiger partial charge in [0.05, 0.1) is 24.6 Å². The highest BCUT2D eigenvalue weighted by molar-refractivity contribution is 5.44. The first-order valence-electron chi connectivity index (χ1n) is 7.96. The van der Waals surface area contributed by atoms with Crippen LogP contribution in [0.5, 0.6) is 11.5 Å². The fraction of sp³-hybridized carbons (Fsp3) is 0.333. The van der Waals surface area contributed by atoms with Gasteiger partial charge in [-0.1, -0.05) is 0 Å². The molecule has 2 aliphatic rings. The summed E-state index contributed by atoms with van der Waals surface area (Å²) in [6.07, 6.45) is 0.515. The first kappa shape index (κ1) is 15.1. The molecule has 0 radical (unpaired) electrons. The van der Waals surface area contributed by atoms with Crippen molar-refractivity contribution in [2.24, 2.45) is 10.2 Å². The highest BCUT2D eigenvalue weighted by Crippen LogP contribution is 2.24.